The van der Waals surface area contributed by atoms with Gasteiger partial charge in [0.1, 0.15) is 0 Å². The third-order valence-corrected chi connectivity index (χ3v) is 4.97. The van der Waals surface area contributed by atoms with E-state index in [1.807, 2.05) is 0 Å². The van der Waals surface area contributed by atoms with Crippen molar-refractivity contribution in [2.24, 2.45) is 0 Å². The predicted molar refractivity (Wildman–Crippen MR) is 85.2 cm³/mol. The van der Waals surface area contributed by atoms with E-state index in [0.29, 0.717) is 0 Å². The molecule has 0 aromatic carbocycles. The Morgan fingerprint density at radius 3 is 2.40 bits per heavy atom. The smallest absolute Gasteiger partial charge is 0.0478 e. The monoisotopic (exact) mass is 282 g/mol. The van der Waals surface area contributed by atoms with Gasteiger partial charge in [0.15, 0.2) is 0 Å². The Morgan fingerprint density at radius 1 is 1.05 bits per heavy atom. The minimum absolute atomic E-state index is 0.771. The molecule has 0 saturated carbocycles. The van der Waals surface area contributed by atoms with Crippen LogP contribution in [0, 0.1) is 0 Å². The largest absolute Gasteiger partial charge is 0.381 e. The molecule has 20 heavy (non-hydrogen) atoms. The van der Waals surface area contributed by atoms with Crippen molar-refractivity contribution in [1.82, 2.24) is 10.2 Å². The van der Waals surface area contributed by atoms with Crippen molar-refractivity contribution in [3.8, 4) is 0 Å². The number of hydrogen-bond acceptors (Lipinski definition) is 3. The zero-order valence-corrected chi connectivity index (χ0v) is 13.6. The molecular weight excluding hydrogens is 248 g/mol. The molecule has 0 aliphatic carbocycles. The van der Waals surface area contributed by atoms with Crippen molar-refractivity contribution in [3.05, 3.63) is 0 Å². The molecule has 0 aromatic heterocycles. The first-order valence-electron chi connectivity index (χ1n) is 8.92. The molecule has 2 heterocycles. The Labute approximate surface area is 125 Å². The third kappa shape index (κ3) is 4.71. The third-order valence-electron chi connectivity index (χ3n) is 4.97. The Bertz CT molecular complexity index is 245. The summed E-state index contributed by atoms with van der Waals surface area (Å²) in [7, 11) is 0. The number of ether oxygens (including phenoxy) is 1. The van der Waals surface area contributed by atoms with Crippen LogP contribution in [0.5, 0.6) is 0 Å². The summed E-state index contributed by atoms with van der Waals surface area (Å²) in [5.74, 6) is 0. The first kappa shape index (κ1) is 16.3. The van der Waals surface area contributed by atoms with E-state index in [0.717, 1.165) is 37.9 Å². The first-order valence-corrected chi connectivity index (χ1v) is 8.92. The molecule has 2 unspecified atom stereocenters. The number of rotatable bonds is 9. The highest BCUT2D eigenvalue weighted by Crippen LogP contribution is 2.34. The Hall–Kier alpha value is -0.120. The van der Waals surface area contributed by atoms with Crippen LogP contribution in [-0.4, -0.2) is 49.3 Å². The van der Waals surface area contributed by atoms with Crippen LogP contribution in [0.15, 0.2) is 0 Å². The normalized spacial score (nSPS) is 30.6. The molecule has 2 aliphatic heterocycles. The van der Waals surface area contributed by atoms with E-state index in [-0.39, 0.29) is 0 Å². The Morgan fingerprint density at radius 2 is 1.75 bits per heavy atom. The lowest BCUT2D eigenvalue weighted by Gasteiger charge is -2.49. The molecule has 3 heteroatoms. The molecule has 1 N–H and O–H groups in total. The van der Waals surface area contributed by atoms with E-state index in [2.05, 4.69) is 24.1 Å². The second-order valence-electron chi connectivity index (χ2n) is 6.52. The highest BCUT2D eigenvalue weighted by Gasteiger charge is 2.37. The molecular formula is C17H34N2O. The van der Waals surface area contributed by atoms with Gasteiger partial charge < -0.3 is 10.1 Å². The molecule has 0 aromatic rings. The lowest BCUT2D eigenvalue weighted by Crippen LogP contribution is -2.56. The molecule has 2 rings (SSSR count). The average Bonchev–Trinajstić information content (AvgIpc) is 2.43. The highest BCUT2D eigenvalue weighted by atomic mass is 16.5. The van der Waals surface area contributed by atoms with Crippen molar-refractivity contribution in [3.63, 3.8) is 0 Å². The quantitative estimate of drug-likeness (QED) is 0.657. The minimum atomic E-state index is 0.771. The molecule has 2 atom stereocenters. The van der Waals surface area contributed by atoms with Gasteiger partial charge in [0.2, 0.25) is 0 Å². The van der Waals surface area contributed by atoms with Gasteiger partial charge in [-0.3, -0.25) is 4.90 Å². The molecule has 0 amide bonds. The van der Waals surface area contributed by atoms with Crippen molar-refractivity contribution < 1.29 is 4.74 Å². The predicted octanol–water partition coefficient (Wildman–Crippen LogP) is 3.19. The van der Waals surface area contributed by atoms with Crippen molar-refractivity contribution in [1.29, 1.82) is 0 Å². The van der Waals surface area contributed by atoms with E-state index < -0.39 is 0 Å². The lowest BCUT2D eigenvalue weighted by atomic mass is 9.81. The van der Waals surface area contributed by atoms with Crippen LogP contribution in [0.1, 0.15) is 65.2 Å². The van der Waals surface area contributed by atoms with Gasteiger partial charge in [0.05, 0.1) is 0 Å². The zero-order valence-electron chi connectivity index (χ0n) is 13.6. The van der Waals surface area contributed by atoms with E-state index in [4.69, 9.17) is 4.74 Å². The summed E-state index contributed by atoms with van der Waals surface area (Å²) in [5, 5.41) is 3.67. The highest BCUT2D eigenvalue weighted by molar-refractivity contribution is 4.94. The Balaban J connectivity index is 1.69. The van der Waals surface area contributed by atoms with Gasteiger partial charge in [-0.2, -0.15) is 0 Å². The SMILES string of the molecule is CCCCOCCCN1C2CCCC1CC(NCC)C2. The molecule has 2 fully saturated rings. The number of hydrogen-bond donors (Lipinski definition) is 1. The lowest BCUT2D eigenvalue weighted by molar-refractivity contribution is 0.0159. The summed E-state index contributed by atoms with van der Waals surface area (Å²) in [6.07, 6.45) is 10.6. The number of nitrogens with one attached hydrogen (secondary N) is 1. The van der Waals surface area contributed by atoms with E-state index in [1.165, 1.54) is 57.9 Å². The second kappa shape index (κ2) is 9.01. The summed E-state index contributed by atoms with van der Waals surface area (Å²) in [5.41, 5.74) is 0. The molecule has 2 saturated heterocycles. The maximum atomic E-state index is 5.71. The van der Waals surface area contributed by atoms with Gasteiger partial charge in [-0.15, -0.1) is 0 Å². The van der Waals surface area contributed by atoms with Crippen LogP contribution in [0.3, 0.4) is 0 Å². The maximum absolute atomic E-state index is 5.71. The van der Waals surface area contributed by atoms with Crippen LogP contribution in [0.2, 0.25) is 0 Å². The van der Waals surface area contributed by atoms with E-state index in [9.17, 15) is 0 Å². The van der Waals surface area contributed by atoms with Gasteiger partial charge in [0.25, 0.3) is 0 Å². The van der Waals surface area contributed by atoms with Gasteiger partial charge in [-0.25, -0.2) is 0 Å². The van der Waals surface area contributed by atoms with Crippen LogP contribution in [0.4, 0.5) is 0 Å². The van der Waals surface area contributed by atoms with E-state index >= 15 is 0 Å². The zero-order chi connectivity index (χ0) is 14.2. The van der Waals surface area contributed by atoms with Gasteiger partial charge in [-0.1, -0.05) is 26.7 Å². The molecule has 2 bridgehead atoms. The van der Waals surface area contributed by atoms with Crippen LogP contribution < -0.4 is 5.32 Å². The Kier molecular flexibility index (Phi) is 7.32. The standard InChI is InChI=1S/C17H34N2O/c1-3-5-11-20-12-7-10-19-16-8-6-9-17(19)14-15(13-16)18-4-2/h15-18H,3-14H2,1-2H3. The first-order chi connectivity index (χ1) is 9.85. The van der Waals surface area contributed by atoms with Gasteiger partial charge in [0, 0.05) is 37.9 Å². The summed E-state index contributed by atoms with van der Waals surface area (Å²) in [4.78, 5) is 2.81. The number of nitrogens with zero attached hydrogens (tertiary/aromatic N) is 1. The maximum Gasteiger partial charge on any atom is 0.0478 e. The molecule has 118 valence electrons. The second-order valence-corrected chi connectivity index (χ2v) is 6.52. The topological polar surface area (TPSA) is 24.5 Å². The van der Waals surface area contributed by atoms with Crippen molar-refractivity contribution in [2.75, 3.05) is 26.3 Å². The van der Waals surface area contributed by atoms with Crippen molar-refractivity contribution >= 4 is 0 Å². The molecule has 0 radical (unpaired) electrons. The fourth-order valence-electron chi connectivity index (χ4n) is 4.00. The van der Waals surface area contributed by atoms with Crippen LogP contribution >= 0.6 is 0 Å². The fourth-order valence-corrected chi connectivity index (χ4v) is 4.00. The number of piperidine rings is 2. The summed E-state index contributed by atoms with van der Waals surface area (Å²) < 4.78 is 5.71. The summed E-state index contributed by atoms with van der Waals surface area (Å²) in [6.45, 7) is 8.73. The number of fused-ring (bicyclic) bond motifs is 2. The van der Waals surface area contributed by atoms with Crippen LogP contribution in [0.25, 0.3) is 0 Å². The summed E-state index contributed by atoms with van der Waals surface area (Å²) in [6, 6.07) is 2.44. The minimum Gasteiger partial charge on any atom is -0.381 e. The summed E-state index contributed by atoms with van der Waals surface area (Å²) >= 11 is 0. The fraction of sp³-hybridized carbons (Fsp3) is 1.00. The molecule has 2 aliphatic rings. The molecule has 3 nitrogen and oxygen atoms in total. The average molecular weight is 282 g/mol. The number of unbranched alkanes of at least 4 members (excludes halogenated alkanes) is 1. The van der Waals surface area contributed by atoms with E-state index in [1.54, 1.807) is 0 Å². The van der Waals surface area contributed by atoms with Gasteiger partial charge in [-0.05, 0) is 45.1 Å². The van der Waals surface area contributed by atoms with Crippen LogP contribution in [-0.2, 0) is 4.74 Å². The molecule has 0 spiro atoms. The van der Waals surface area contributed by atoms with Gasteiger partial charge >= 0.3 is 0 Å². The van der Waals surface area contributed by atoms with Crippen molar-refractivity contribution in [2.45, 2.75) is 83.3 Å².